The molecular weight excluding hydrogens is 188 g/mol. The van der Waals surface area contributed by atoms with E-state index in [1.165, 1.54) is 5.56 Å². The summed E-state index contributed by atoms with van der Waals surface area (Å²) in [5, 5.41) is 0. The molecule has 2 heteroatoms. The third-order valence-electron chi connectivity index (χ3n) is 2.28. The van der Waals surface area contributed by atoms with Gasteiger partial charge in [-0.05, 0) is 37.5 Å². The van der Waals surface area contributed by atoms with Crippen LogP contribution in [0.2, 0.25) is 0 Å². The number of hydrogen-bond acceptors (Lipinski definition) is 2. The van der Waals surface area contributed by atoms with E-state index in [0.29, 0.717) is 0 Å². The predicted octanol–water partition coefficient (Wildman–Crippen LogP) is 3.21. The summed E-state index contributed by atoms with van der Waals surface area (Å²) in [6.07, 6.45) is 6.33. The van der Waals surface area contributed by atoms with Gasteiger partial charge in [-0.2, -0.15) is 0 Å². The Morgan fingerprint density at radius 1 is 1.13 bits per heavy atom. The molecule has 0 fully saturated rings. The number of aryl methyl sites for hydroxylation is 1. The second kappa shape index (κ2) is 6.12. The topological polar surface area (TPSA) is 18.5 Å². The fraction of sp³-hybridized carbons (Fsp3) is 0.385. The quantitative estimate of drug-likeness (QED) is 0.689. The van der Waals surface area contributed by atoms with E-state index in [1.54, 1.807) is 14.2 Å². The second-order valence-corrected chi connectivity index (χ2v) is 3.30. The van der Waals surface area contributed by atoms with Crippen LogP contribution in [0.3, 0.4) is 0 Å². The van der Waals surface area contributed by atoms with Crippen molar-refractivity contribution in [3.05, 3.63) is 35.9 Å². The molecular formula is C13H18O2. The molecule has 0 amide bonds. The summed E-state index contributed by atoms with van der Waals surface area (Å²) in [5.41, 5.74) is 1.27. The molecule has 0 aliphatic heterocycles. The smallest absolute Gasteiger partial charge is 0.160 e. The maximum atomic E-state index is 5.24. The van der Waals surface area contributed by atoms with Gasteiger partial charge in [-0.1, -0.05) is 18.2 Å². The summed E-state index contributed by atoms with van der Waals surface area (Å²) in [6.45, 7) is 2.04. The Labute approximate surface area is 91.5 Å². The van der Waals surface area contributed by atoms with Crippen molar-refractivity contribution in [2.75, 3.05) is 14.2 Å². The van der Waals surface area contributed by atoms with E-state index < -0.39 is 0 Å². The molecule has 1 aromatic carbocycles. The molecule has 1 rings (SSSR count). The van der Waals surface area contributed by atoms with Gasteiger partial charge < -0.3 is 9.47 Å². The molecule has 0 spiro atoms. The second-order valence-electron chi connectivity index (χ2n) is 3.30. The molecule has 0 heterocycles. The highest BCUT2D eigenvalue weighted by molar-refractivity contribution is 5.42. The van der Waals surface area contributed by atoms with Crippen molar-refractivity contribution in [3.63, 3.8) is 0 Å². The zero-order valence-corrected chi connectivity index (χ0v) is 9.62. The average Bonchev–Trinajstić information content (AvgIpc) is 2.29. The third-order valence-corrected chi connectivity index (χ3v) is 2.28. The van der Waals surface area contributed by atoms with Gasteiger partial charge in [-0.3, -0.25) is 0 Å². The number of hydrogen-bond donors (Lipinski definition) is 0. The molecule has 1 aromatic rings. The van der Waals surface area contributed by atoms with Crippen molar-refractivity contribution < 1.29 is 9.47 Å². The molecule has 2 nitrogen and oxygen atoms in total. The van der Waals surface area contributed by atoms with Gasteiger partial charge in [0.05, 0.1) is 14.2 Å². The molecule has 15 heavy (non-hydrogen) atoms. The number of ether oxygens (including phenoxy) is 2. The van der Waals surface area contributed by atoms with Crippen LogP contribution < -0.4 is 9.47 Å². The van der Waals surface area contributed by atoms with E-state index in [-0.39, 0.29) is 0 Å². The van der Waals surface area contributed by atoms with Crippen LogP contribution in [-0.2, 0) is 6.42 Å². The largest absolute Gasteiger partial charge is 0.493 e. The highest BCUT2D eigenvalue weighted by Crippen LogP contribution is 2.27. The zero-order valence-electron chi connectivity index (χ0n) is 9.62. The summed E-state index contributed by atoms with van der Waals surface area (Å²) < 4.78 is 10.4. The van der Waals surface area contributed by atoms with Crippen LogP contribution in [0.4, 0.5) is 0 Å². The van der Waals surface area contributed by atoms with Crippen LogP contribution >= 0.6 is 0 Å². The summed E-state index contributed by atoms with van der Waals surface area (Å²) in [7, 11) is 3.31. The van der Waals surface area contributed by atoms with Gasteiger partial charge in [0, 0.05) is 0 Å². The molecule has 0 saturated heterocycles. The molecule has 0 radical (unpaired) electrons. The van der Waals surface area contributed by atoms with Crippen molar-refractivity contribution in [3.8, 4) is 11.5 Å². The Hall–Kier alpha value is -1.44. The molecule has 0 aliphatic rings. The Bertz CT molecular complexity index is 329. The monoisotopic (exact) mass is 206 g/mol. The maximum absolute atomic E-state index is 5.24. The Morgan fingerprint density at radius 2 is 1.87 bits per heavy atom. The Balaban J connectivity index is 2.74. The first-order valence-electron chi connectivity index (χ1n) is 5.14. The Kier molecular flexibility index (Phi) is 4.75. The predicted molar refractivity (Wildman–Crippen MR) is 62.7 cm³/mol. The number of benzene rings is 1. The molecule has 0 N–H and O–H groups in total. The van der Waals surface area contributed by atoms with Crippen LogP contribution in [0, 0.1) is 0 Å². The minimum Gasteiger partial charge on any atom is -0.493 e. The number of rotatable bonds is 5. The van der Waals surface area contributed by atoms with Crippen LogP contribution in [-0.4, -0.2) is 14.2 Å². The van der Waals surface area contributed by atoms with Gasteiger partial charge in [0.15, 0.2) is 11.5 Å². The summed E-state index contributed by atoms with van der Waals surface area (Å²) >= 11 is 0. The summed E-state index contributed by atoms with van der Waals surface area (Å²) in [5.74, 6) is 1.59. The van der Waals surface area contributed by atoms with Crippen molar-refractivity contribution in [2.45, 2.75) is 19.8 Å². The number of methoxy groups -OCH3 is 2. The molecule has 0 bridgehead atoms. The van der Waals surface area contributed by atoms with Gasteiger partial charge in [0.1, 0.15) is 0 Å². The first-order valence-corrected chi connectivity index (χ1v) is 5.14. The van der Waals surface area contributed by atoms with Crippen LogP contribution in [0.1, 0.15) is 18.9 Å². The SMILES string of the molecule is C/C=C\CCc1ccc(OC)c(OC)c1. The summed E-state index contributed by atoms with van der Waals surface area (Å²) in [6, 6.07) is 6.05. The van der Waals surface area contributed by atoms with Gasteiger partial charge >= 0.3 is 0 Å². The molecule has 0 unspecified atom stereocenters. The molecule has 0 aromatic heterocycles. The lowest BCUT2D eigenvalue weighted by molar-refractivity contribution is 0.354. The van der Waals surface area contributed by atoms with Gasteiger partial charge in [-0.25, -0.2) is 0 Å². The number of allylic oxidation sites excluding steroid dienone is 2. The van der Waals surface area contributed by atoms with Gasteiger partial charge in [-0.15, -0.1) is 0 Å². The lowest BCUT2D eigenvalue weighted by atomic mass is 10.1. The maximum Gasteiger partial charge on any atom is 0.160 e. The van der Waals surface area contributed by atoms with E-state index in [4.69, 9.17) is 9.47 Å². The van der Waals surface area contributed by atoms with E-state index in [9.17, 15) is 0 Å². The molecule has 82 valence electrons. The third kappa shape index (κ3) is 3.31. The van der Waals surface area contributed by atoms with Crippen molar-refractivity contribution in [1.82, 2.24) is 0 Å². The van der Waals surface area contributed by atoms with Crippen molar-refractivity contribution in [2.24, 2.45) is 0 Å². The lowest BCUT2D eigenvalue weighted by Gasteiger charge is -2.08. The van der Waals surface area contributed by atoms with E-state index >= 15 is 0 Å². The first kappa shape index (κ1) is 11.6. The van der Waals surface area contributed by atoms with Crippen molar-refractivity contribution in [1.29, 1.82) is 0 Å². The Morgan fingerprint density at radius 3 is 2.47 bits per heavy atom. The molecule has 0 aliphatic carbocycles. The minimum absolute atomic E-state index is 0.785. The fourth-order valence-corrected chi connectivity index (χ4v) is 1.45. The highest BCUT2D eigenvalue weighted by atomic mass is 16.5. The molecule has 0 atom stereocenters. The van der Waals surface area contributed by atoms with Crippen LogP contribution in [0.5, 0.6) is 11.5 Å². The van der Waals surface area contributed by atoms with E-state index in [2.05, 4.69) is 18.2 Å². The minimum atomic E-state index is 0.785. The fourth-order valence-electron chi connectivity index (χ4n) is 1.45. The zero-order chi connectivity index (χ0) is 11.1. The van der Waals surface area contributed by atoms with Gasteiger partial charge in [0.2, 0.25) is 0 Å². The normalized spacial score (nSPS) is 10.6. The standard InChI is InChI=1S/C13H18O2/c1-4-5-6-7-11-8-9-12(14-2)13(10-11)15-3/h4-5,8-10H,6-7H2,1-3H3/b5-4-. The summed E-state index contributed by atoms with van der Waals surface area (Å²) in [4.78, 5) is 0. The van der Waals surface area contributed by atoms with E-state index in [0.717, 1.165) is 24.3 Å². The first-order chi connectivity index (χ1) is 7.31. The highest BCUT2D eigenvalue weighted by Gasteiger charge is 2.03. The van der Waals surface area contributed by atoms with E-state index in [1.807, 2.05) is 19.1 Å². The van der Waals surface area contributed by atoms with Crippen LogP contribution in [0.25, 0.3) is 0 Å². The lowest BCUT2D eigenvalue weighted by Crippen LogP contribution is -1.92. The van der Waals surface area contributed by atoms with Crippen LogP contribution in [0.15, 0.2) is 30.4 Å². The van der Waals surface area contributed by atoms with Crippen molar-refractivity contribution >= 4 is 0 Å². The van der Waals surface area contributed by atoms with Gasteiger partial charge in [0.25, 0.3) is 0 Å². The average molecular weight is 206 g/mol. The molecule has 0 saturated carbocycles.